The molecule has 2 N–H and O–H groups in total. The second-order valence-electron chi connectivity index (χ2n) is 8.91. The summed E-state index contributed by atoms with van der Waals surface area (Å²) in [6.07, 6.45) is 7.22. The van der Waals surface area contributed by atoms with Gasteiger partial charge in [0.15, 0.2) is 0 Å². The van der Waals surface area contributed by atoms with Gasteiger partial charge >= 0.3 is 6.03 Å². The Balaban J connectivity index is 0.00000218. The molecule has 2 amide bonds. The number of ether oxygens (including phenoxy) is 1. The summed E-state index contributed by atoms with van der Waals surface area (Å²) in [6.45, 7) is 3.40. The first-order chi connectivity index (χ1) is 14.0. The number of nitrogens with one attached hydrogen (secondary N) is 2. The maximum absolute atomic E-state index is 12.6. The van der Waals surface area contributed by atoms with Crippen molar-refractivity contribution in [3.05, 3.63) is 28.3 Å². The number of aryl methyl sites for hydroxylation is 2. The van der Waals surface area contributed by atoms with Gasteiger partial charge in [-0.15, -0.1) is 0 Å². The number of anilines is 1. The van der Waals surface area contributed by atoms with Gasteiger partial charge in [-0.1, -0.05) is 6.07 Å². The minimum absolute atomic E-state index is 0. The Hall–Kier alpha value is -0.00364. The molecule has 30 heavy (non-hydrogen) atoms. The van der Waals surface area contributed by atoms with Crippen LogP contribution in [0.25, 0.3) is 0 Å². The molecule has 7 nitrogen and oxygen atoms in total. The number of amides is 2. The summed E-state index contributed by atoms with van der Waals surface area (Å²) in [7, 11) is -3.67. The largest absolute Gasteiger partial charge is 0.381 e. The maximum atomic E-state index is 12.6. The number of hydrogen-bond donors (Lipinski definition) is 2. The van der Waals surface area contributed by atoms with Gasteiger partial charge in [-0.3, -0.25) is 0 Å². The molecular formula is C21H29KN3O4S. The van der Waals surface area contributed by atoms with Crippen molar-refractivity contribution in [2.75, 3.05) is 38.2 Å². The molecule has 4 aliphatic rings. The molecule has 9 heteroatoms. The topological polar surface area (TPSA) is 87.7 Å². The van der Waals surface area contributed by atoms with E-state index < -0.39 is 21.3 Å². The molecule has 1 unspecified atom stereocenters. The van der Waals surface area contributed by atoms with E-state index in [2.05, 4.69) is 21.0 Å². The van der Waals surface area contributed by atoms with Gasteiger partial charge in [-0.2, -0.15) is 0 Å². The molecule has 2 heterocycles. The smallest absolute Gasteiger partial charge is 0.332 e. The number of rotatable bonds is 5. The van der Waals surface area contributed by atoms with Crippen molar-refractivity contribution in [3.63, 3.8) is 0 Å². The summed E-state index contributed by atoms with van der Waals surface area (Å²) >= 11 is 0. The molecule has 2 fully saturated rings. The molecule has 1 aromatic rings. The summed E-state index contributed by atoms with van der Waals surface area (Å²) in [4.78, 5) is 14.7. The average Bonchev–Trinajstić information content (AvgIpc) is 3.37. The number of fused-ring (bicyclic) bond motifs is 2. The number of hydrogen-bond acceptors (Lipinski definition) is 5. The Kier molecular flexibility index (Phi) is 7.31. The Bertz CT molecular complexity index is 892. The number of urea groups is 1. The van der Waals surface area contributed by atoms with E-state index in [-0.39, 0.29) is 51.4 Å². The third-order valence-corrected chi connectivity index (χ3v) is 8.50. The fraction of sp³-hybridized carbons (Fsp3) is 0.667. The zero-order chi connectivity index (χ0) is 20.0. The number of sulfonamides is 1. The number of likely N-dealkylation sites (tertiary alicyclic amines) is 1. The SMILES string of the molecule is O=C(Nc1c2c(cc3c1CCC3)CCC2)NS(=O)(=O)C1CN(CC2CCOC2)C1.[K]. The van der Waals surface area contributed by atoms with Gasteiger partial charge in [0.1, 0.15) is 5.25 Å². The molecule has 2 aliphatic heterocycles. The molecule has 1 atom stereocenters. The second-order valence-corrected chi connectivity index (χ2v) is 10.9. The van der Waals surface area contributed by atoms with E-state index in [4.69, 9.17) is 4.74 Å². The van der Waals surface area contributed by atoms with E-state index in [1.54, 1.807) is 0 Å². The van der Waals surface area contributed by atoms with Crippen LogP contribution >= 0.6 is 0 Å². The first-order valence-electron chi connectivity index (χ1n) is 10.8. The minimum Gasteiger partial charge on any atom is -0.381 e. The number of benzene rings is 1. The van der Waals surface area contributed by atoms with Crippen LogP contribution in [0.1, 0.15) is 41.5 Å². The van der Waals surface area contributed by atoms with Gasteiger partial charge in [0.2, 0.25) is 10.0 Å². The van der Waals surface area contributed by atoms with E-state index in [1.807, 2.05) is 0 Å². The Morgan fingerprint density at radius 2 is 1.77 bits per heavy atom. The summed E-state index contributed by atoms with van der Waals surface area (Å²) in [5.41, 5.74) is 5.90. The fourth-order valence-electron chi connectivity index (χ4n) is 5.28. The number of carbonyl (C=O) groups excluding carboxylic acids is 1. The van der Waals surface area contributed by atoms with Crippen molar-refractivity contribution in [1.29, 1.82) is 0 Å². The summed E-state index contributed by atoms with van der Waals surface area (Å²) in [5, 5.41) is 2.39. The number of carbonyl (C=O) groups is 1. The predicted molar refractivity (Wildman–Crippen MR) is 116 cm³/mol. The van der Waals surface area contributed by atoms with Gasteiger partial charge in [-0.05, 0) is 73.1 Å². The van der Waals surface area contributed by atoms with Gasteiger partial charge in [0.05, 0.1) is 6.61 Å². The molecule has 5 rings (SSSR count). The molecule has 0 spiro atoms. The van der Waals surface area contributed by atoms with E-state index in [1.165, 1.54) is 22.3 Å². The maximum Gasteiger partial charge on any atom is 0.332 e. The standard InChI is InChI=1S/C21H29N3O4S.K/c25-21(22-20-18-5-1-3-15(18)9-16-4-2-6-19(16)20)23-29(26,27)17-11-24(12-17)10-14-7-8-28-13-14;/h9,14,17H,1-8,10-13H2,(H2,22,23,25);. The van der Waals surface area contributed by atoms with E-state index in [0.29, 0.717) is 19.0 Å². The van der Waals surface area contributed by atoms with Crippen LogP contribution in [0.5, 0.6) is 0 Å². The minimum atomic E-state index is -3.67. The van der Waals surface area contributed by atoms with Crippen molar-refractivity contribution in [2.45, 2.75) is 50.2 Å². The van der Waals surface area contributed by atoms with E-state index in [9.17, 15) is 13.2 Å². The van der Waals surface area contributed by atoms with Crippen LogP contribution in [0, 0.1) is 5.92 Å². The monoisotopic (exact) mass is 458 g/mol. The van der Waals surface area contributed by atoms with Crippen LogP contribution in [-0.4, -0.2) is 109 Å². The zero-order valence-corrected chi connectivity index (χ0v) is 21.6. The molecule has 1 aromatic carbocycles. The first-order valence-corrected chi connectivity index (χ1v) is 12.3. The van der Waals surface area contributed by atoms with Crippen LogP contribution in [0.3, 0.4) is 0 Å². The third-order valence-electron chi connectivity index (χ3n) is 6.85. The average molecular weight is 459 g/mol. The van der Waals surface area contributed by atoms with Crippen molar-refractivity contribution in [1.82, 2.24) is 9.62 Å². The number of nitrogens with zero attached hydrogens (tertiary/aromatic N) is 1. The van der Waals surface area contributed by atoms with Crippen molar-refractivity contribution >= 4 is 73.1 Å². The normalized spacial score (nSPS) is 23.4. The second kappa shape index (κ2) is 9.47. The van der Waals surface area contributed by atoms with Gasteiger partial charge in [0, 0.05) is 83.3 Å². The van der Waals surface area contributed by atoms with Crippen LogP contribution in [0.15, 0.2) is 6.07 Å². The molecule has 2 saturated heterocycles. The van der Waals surface area contributed by atoms with Gasteiger partial charge in [-0.25, -0.2) is 17.9 Å². The van der Waals surface area contributed by atoms with Crippen LogP contribution in [0.2, 0.25) is 0 Å². The molecule has 0 saturated carbocycles. The summed E-state index contributed by atoms with van der Waals surface area (Å²) < 4.78 is 32.9. The molecule has 1 radical (unpaired) electrons. The molecule has 159 valence electrons. The van der Waals surface area contributed by atoms with Gasteiger partial charge in [0.25, 0.3) is 0 Å². The van der Waals surface area contributed by atoms with E-state index >= 15 is 0 Å². The molecule has 0 aromatic heterocycles. The summed E-state index contributed by atoms with van der Waals surface area (Å²) in [5.74, 6) is 0.497. The van der Waals surface area contributed by atoms with Crippen molar-refractivity contribution < 1.29 is 17.9 Å². The van der Waals surface area contributed by atoms with Gasteiger partial charge < -0.3 is 15.0 Å². The quantitative estimate of drug-likeness (QED) is 0.653. The molecular weight excluding hydrogens is 429 g/mol. The summed E-state index contributed by atoms with van der Waals surface area (Å²) in [6, 6.07) is 1.67. The van der Waals surface area contributed by atoms with Crippen molar-refractivity contribution in [2.24, 2.45) is 5.92 Å². The van der Waals surface area contributed by atoms with Crippen LogP contribution < -0.4 is 10.0 Å². The van der Waals surface area contributed by atoms with Crippen LogP contribution in [0.4, 0.5) is 10.5 Å². The predicted octanol–water partition coefficient (Wildman–Crippen LogP) is 1.46. The third kappa shape index (κ3) is 4.68. The Labute approximate surface area is 221 Å². The Morgan fingerprint density at radius 1 is 1.10 bits per heavy atom. The van der Waals surface area contributed by atoms with Crippen molar-refractivity contribution in [3.8, 4) is 0 Å². The van der Waals surface area contributed by atoms with Crippen LogP contribution in [-0.2, 0) is 40.4 Å². The first kappa shape index (κ1) is 23.2. The van der Waals surface area contributed by atoms with E-state index in [0.717, 1.165) is 70.4 Å². The Morgan fingerprint density at radius 3 is 2.37 bits per heavy atom. The zero-order valence-electron chi connectivity index (χ0n) is 17.7. The fourth-order valence-corrected chi connectivity index (χ4v) is 6.57. The molecule has 2 aliphatic carbocycles. The molecule has 0 bridgehead atoms.